The molecule has 2 aliphatic carbocycles. The van der Waals surface area contributed by atoms with Crippen LogP contribution in [0, 0.1) is 5.92 Å². The number of carbonyl (C=O) groups is 1. The Kier molecular flexibility index (Phi) is 5.46. The van der Waals surface area contributed by atoms with Gasteiger partial charge in [-0.15, -0.1) is 11.3 Å². The molecule has 2 aliphatic rings. The summed E-state index contributed by atoms with van der Waals surface area (Å²) < 4.78 is 5.76. The van der Waals surface area contributed by atoms with Crippen molar-refractivity contribution in [3.05, 3.63) is 45.4 Å². The van der Waals surface area contributed by atoms with Gasteiger partial charge in [0.25, 0.3) is 0 Å². The topological polar surface area (TPSA) is 42.4 Å². The Hall–Kier alpha value is -1.59. The molecule has 1 aromatic carbocycles. The number of thiazole rings is 1. The van der Waals surface area contributed by atoms with Gasteiger partial charge in [0.05, 0.1) is 12.2 Å². The zero-order valence-electron chi connectivity index (χ0n) is 14.7. The highest BCUT2D eigenvalue weighted by atomic mass is 35.5. The molecule has 0 saturated heterocycles. The third kappa shape index (κ3) is 4.38. The number of carbonyl (C=O) groups excluding carboxylic acids is 1. The first-order valence-corrected chi connectivity index (χ1v) is 10.6. The molecule has 4 rings (SSSR count). The summed E-state index contributed by atoms with van der Waals surface area (Å²) in [4.78, 5) is 19.6. The molecule has 0 unspecified atom stereocenters. The SMILES string of the molecule is O=C(C1CCCC1)N(Cc1csc(COc2ccc(Cl)cc2)n1)C1CC1. The van der Waals surface area contributed by atoms with Crippen LogP contribution < -0.4 is 4.74 Å². The van der Waals surface area contributed by atoms with E-state index < -0.39 is 0 Å². The van der Waals surface area contributed by atoms with Crippen LogP contribution in [0.3, 0.4) is 0 Å². The molecule has 1 heterocycles. The number of aromatic nitrogens is 1. The summed E-state index contributed by atoms with van der Waals surface area (Å²) in [6, 6.07) is 7.76. The van der Waals surface area contributed by atoms with E-state index in [1.807, 2.05) is 24.3 Å². The molecule has 0 aliphatic heterocycles. The fourth-order valence-corrected chi connectivity index (χ4v) is 4.34. The van der Waals surface area contributed by atoms with Crippen LogP contribution in [0.15, 0.2) is 29.6 Å². The maximum Gasteiger partial charge on any atom is 0.226 e. The molecular formula is C20H23ClN2O2S. The first kappa shape index (κ1) is 17.8. The first-order chi connectivity index (χ1) is 12.7. The third-order valence-corrected chi connectivity index (χ3v) is 6.21. The van der Waals surface area contributed by atoms with E-state index in [9.17, 15) is 4.79 Å². The van der Waals surface area contributed by atoms with Crippen molar-refractivity contribution in [3.8, 4) is 5.75 Å². The molecule has 0 bridgehead atoms. The summed E-state index contributed by atoms with van der Waals surface area (Å²) in [5.74, 6) is 1.36. The molecule has 0 radical (unpaired) electrons. The van der Waals surface area contributed by atoms with Crippen LogP contribution in [-0.4, -0.2) is 21.8 Å². The normalized spacial score (nSPS) is 17.4. The molecule has 2 aromatic rings. The van der Waals surface area contributed by atoms with Crippen molar-refractivity contribution in [2.24, 2.45) is 5.92 Å². The van der Waals surface area contributed by atoms with E-state index in [0.717, 1.165) is 42.1 Å². The number of amides is 1. The van der Waals surface area contributed by atoms with Gasteiger partial charge >= 0.3 is 0 Å². The van der Waals surface area contributed by atoms with Crippen LogP contribution >= 0.6 is 22.9 Å². The molecule has 1 amide bonds. The summed E-state index contributed by atoms with van der Waals surface area (Å²) >= 11 is 7.48. The summed E-state index contributed by atoms with van der Waals surface area (Å²) in [7, 11) is 0. The van der Waals surface area contributed by atoms with Gasteiger partial charge in [0.1, 0.15) is 17.4 Å². The van der Waals surface area contributed by atoms with Crippen molar-refractivity contribution < 1.29 is 9.53 Å². The minimum absolute atomic E-state index is 0.238. The molecule has 0 N–H and O–H groups in total. The lowest BCUT2D eigenvalue weighted by molar-refractivity contribution is -0.136. The monoisotopic (exact) mass is 390 g/mol. The van der Waals surface area contributed by atoms with Gasteiger partial charge < -0.3 is 9.64 Å². The molecule has 6 heteroatoms. The van der Waals surface area contributed by atoms with Gasteiger partial charge in [-0.25, -0.2) is 4.98 Å². The molecule has 0 spiro atoms. The van der Waals surface area contributed by atoms with Gasteiger partial charge in [0.15, 0.2) is 0 Å². The van der Waals surface area contributed by atoms with E-state index in [2.05, 4.69) is 15.3 Å². The number of benzene rings is 1. The Morgan fingerprint density at radius 2 is 1.92 bits per heavy atom. The first-order valence-electron chi connectivity index (χ1n) is 9.31. The smallest absolute Gasteiger partial charge is 0.226 e. The molecular weight excluding hydrogens is 368 g/mol. The second-order valence-electron chi connectivity index (χ2n) is 7.15. The maximum absolute atomic E-state index is 12.8. The second kappa shape index (κ2) is 7.97. The molecule has 26 heavy (non-hydrogen) atoms. The highest BCUT2D eigenvalue weighted by molar-refractivity contribution is 7.09. The largest absolute Gasteiger partial charge is 0.486 e. The fourth-order valence-electron chi connectivity index (χ4n) is 3.52. The van der Waals surface area contributed by atoms with Crippen molar-refractivity contribution in [1.82, 2.24) is 9.88 Å². The van der Waals surface area contributed by atoms with Crippen LogP contribution in [0.25, 0.3) is 0 Å². The Balaban J connectivity index is 1.35. The molecule has 2 saturated carbocycles. The minimum Gasteiger partial charge on any atom is -0.486 e. The standard InChI is InChI=1S/C20H23ClN2O2S/c21-15-5-9-18(10-6-15)25-12-19-22-16(13-26-19)11-23(17-7-8-17)20(24)14-3-1-2-4-14/h5-6,9-10,13-14,17H,1-4,7-8,11-12H2. The van der Waals surface area contributed by atoms with Gasteiger partial charge in [-0.05, 0) is 49.9 Å². The lowest BCUT2D eigenvalue weighted by atomic mass is 10.1. The predicted octanol–water partition coefficient (Wildman–Crippen LogP) is 5.06. The minimum atomic E-state index is 0.238. The van der Waals surface area contributed by atoms with Crippen molar-refractivity contribution in [1.29, 1.82) is 0 Å². The van der Waals surface area contributed by atoms with Crippen LogP contribution in [0.4, 0.5) is 0 Å². The molecule has 1 aromatic heterocycles. The molecule has 0 atom stereocenters. The average molecular weight is 391 g/mol. The highest BCUT2D eigenvalue weighted by Gasteiger charge is 2.36. The summed E-state index contributed by atoms with van der Waals surface area (Å²) in [5.41, 5.74) is 0.975. The van der Waals surface area contributed by atoms with E-state index in [-0.39, 0.29) is 5.92 Å². The molecule has 2 fully saturated rings. The molecule has 138 valence electrons. The number of hydrogen-bond donors (Lipinski definition) is 0. The van der Waals surface area contributed by atoms with E-state index in [0.29, 0.717) is 30.1 Å². The lowest BCUT2D eigenvalue weighted by Gasteiger charge is -2.24. The third-order valence-electron chi connectivity index (χ3n) is 5.08. The number of rotatable bonds is 7. The quantitative estimate of drug-likeness (QED) is 0.663. The number of hydrogen-bond acceptors (Lipinski definition) is 4. The van der Waals surface area contributed by atoms with Crippen molar-refractivity contribution in [2.75, 3.05) is 0 Å². The fraction of sp³-hybridized carbons (Fsp3) is 0.500. The van der Waals surface area contributed by atoms with E-state index >= 15 is 0 Å². The van der Waals surface area contributed by atoms with Gasteiger partial charge in [-0.3, -0.25) is 4.79 Å². The van der Waals surface area contributed by atoms with Gasteiger partial charge in [-0.1, -0.05) is 24.4 Å². The average Bonchev–Trinajstić information content (AvgIpc) is 3.16. The summed E-state index contributed by atoms with van der Waals surface area (Å²) in [6.07, 6.45) is 6.76. The number of halogens is 1. The Bertz CT molecular complexity index is 751. The Morgan fingerprint density at radius 3 is 2.62 bits per heavy atom. The highest BCUT2D eigenvalue weighted by Crippen LogP contribution is 2.34. The van der Waals surface area contributed by atoms with E-state index in [1.54, 1.807) is 11.3 Å². The molecule has 4 nitrogen and oxygen atoms in total. The zero-order chi connectivity index (χ0) is 17.9. The van der Waals surface area contributed by atoms with Gasteiger partial charge in [0, 0.05) is 22.4 Å². The Morgan fingerprint density at radius 1 is 1.19 bits per heavy atom. The van der Waals surface area contributed by atoms with Crippen LogP contribution in [0.2, 0.25) is 5.02 Å². The summed E-state index contributed by atoms with van der Waals surface area (Å²) in [6.45, 7) is 1.07. The summed E-state index contributed by atoms with van der Waals surface area (Å²) in [5, 5.41) is 3.68. The Labute approximate surface area is 163 Å². The lowest BCUT2D eigenvalue weighted by Crippen LogP contribution is -2.36. The number of nitrogens with zero attached hydrogens (tertiary/aromatic N) is 2. The van der Waals surface area contributed by atoms with Crippen molar-refractivity contribution in [3.63, 3.8) is 0 Å². The van der Waals surface area contributed by atoms with E-state index in [4.69, 9.17) is 16.3 Å². The van der Waals surface area contributed by atoms with Crippen LogP contribution in [0.5, 0.6) is 5.75 Å². The van der Waals surface area contributed by atoms with Gasteiger partial charge in [-0.2, -0.15) is 0 Å². The number of ether oxygens (including phenoxy) is 1. The van der Waals surface area contributed by atoms with Crippen LogP contribution in [0.1, 0.15) is 49.2 Å². The van der Waals surface area contributed by atoms with Crippen LogP contribution in [-0.2, 0) is 17.9 Å². The van der Waals surface area contributed by atoms with Crippen molar-refractivity contribution in [2.45, 2.75) is 57.7 Å². The predicted molar refractivity (Wildman–Crippen MR) is 103 cm³/mol. The van der Waals surface area contributed by atoms with E-state index in [1.165, 1.54) is 12.8 Å². The van der Waals surface area contributed by atoms with Gasteiger partial charge in [0.2, 0.25) is 5.91 Å². The second-order valence-corrected chi connectivity index (χ2v) is 8.53. The van der Waals surface area contributed by atoms with Crippen molar-refractivity contribution >= 4 is 28.8 Å². The maximum atomic E-state index is 12.8. The zero-order valence-corrected chi connectivity index (χ0v) is 16.3.